The molecule has 2 aliphatic rings. The van der Waals surface area contributed by atoms with Crippen molar-refractivity contribution in [3.8, 4) is 0 Å². The van der Waals surface area contributed by atoms with Gasteiger partial charge in [0.15, 0.2) is 0 Å². The summed E-state index contributed by atoms with van der Waals surface area (Å²) in [6, 6.07) is 4.14. The van der Waals surface area contributed by atoms with Gasteiger partial charge < -0.3 is 10.2 Å². The number of fused-ring (bicyclic) bond motifs is 1. The Balaban J connectivity index is 1.52. The Morgan fingerprint density at radius 3 is 2.58 bits per heavy atom. The first kappa shape index (κ1) is 19.0. The number of imide groups is 1. The Morgan fingerprint density at radius 2 is 1.85 bits per heavy atom. The molecule has 0 spiro atoms. The zero-order valence-electron chi connectivity index (χ0n) is 15.0. The van der Waals surface area contributed by atoms with Crippen LogP contribution in [-0.2, 0) is 4.79 Å². The first-order valence-corrected chi connectivity index (χ1v) is 9.96. The first-order valence-electron chi connectivity index (χ1n) is 9.16. The SMILES string of the molecule is CC(C(=O)NCCCN1CCCCC1)N1C(=O)c2ccc(Br)cc2C1=O. The van der Waals surface area contributed by atoms with Crippen molar-refractivity contribution >= 4 is 33.7 Å². The third-order valence-electron chi connectivity index (χ3n) is 5.05. The number of carbonyl (C=O) groups excluding carboxylic acids is 3. The third-order valence-corrected chi connectivity index (χ3v) is 5.54. The normalized spacial score (nSPS) is 18.8. The van der Waals surface area contributed by atoms with Gasteiger partial charge in [-0.15, -0.1) is 0 Å². The number of amides is 3. The van der Waals surface area contributed by atoms with E-state index in [-0.39, 0.29) is 5.91 Å². The van der Waals surface area contributed by atoms with Crippen LogP contribution in [0.25, 0.3) is 0 Å². The smallest absolute Gasteiger partial charge is 0.262 e. The lowest BCUT2D eigenvalue weighted by Gasteiger charge is -2.26. The number of halogens is 1. The number of nitrogens with one attached hydrogen (secondary N) is 1. The molecular weight excluding hydrogens is 398 g/mol. The highest BCUT2D eigenvalue weighted by Gasteiger charge is 2.40. The molecule has 2 heterocycles. The molecule has 7 heteroatoms. The Kier molecular flexibility index (Phi) is 6.09. The van der Waals surface area contributed by atoms with Gasteiger partial charge in [-0.05, 0) is 64.0 Å². The van der Waals surface area contributed by atoms with Crippen LogP contribution in [-0.4, -0.2) is 59.7 Å². The summed E-state index contributed by atoms with van der Waals surface area (Å²) < 4.78 is 0.731. The number of hydrogen-bond donors (Lipinski definition) is 1. The molecule has 1 aromatic rings. The van der Waals surface area contributed by atoms with Gasteiger partial charge in [-0.2, -0.15) is 0 Å². The molecule has 1 saturated heterocycles. The summed E-state index contributed by atoms with van der Waals surface area (Å²) in [5.74, 6) is -1.12. The number of piperidine rings is 1. The van der Waals surface area contributed by atoms with E-state index in [2.05, 4.69) is 26.1 Å². The average Bonchev–Trinajstić information content (AvgIpc) is 2.89. The molecule has 0 aromatic heterocycles. The molecule has 1 unspecified atom stereocenters. The quantitative estimate of drug-likeness (QED) is 0.565. The predicted octanol–water partition coefficient (Wildman–Crippen LogP) is 2.43. The Labute approximate surface area is 162 Å². The molecule has 0 aliphatic carbocycles. The maximum absolute atomic E-state index is 12.5. The van der Waals surface area contributed by atoms with E-state index in [1.54, 1.807) is 25.1 Å². The van der Waals surface area contributed by atoms with Crippen LogP contribution in [0.15, 0.2) is 22.7 Å². The van der Waals surface area contributed by atoms with Gasteiger partial charge in [0.1, 0.15) is 6.04 Å². The second-order valence-corrected chi connectivity index (χ2v) is 7.81. The summed E-state index contributed by atoms with van der Waals surface area (Å²) in [6.45, 7) is 5.38. The largest absolute Gasteiger partial charge is 0.354 e. The Bertz CT molecular complexity index is 716. The Morgan fingerprint density at radius 1 is 1.15 bits per heavy atom. The molecule has 1 N–H and O–H groups in total. The Hall–Kier alpha value is -1.73. The van der Waals surface area contributed by atoms with E-state index >= 15 is 0 Å². The van der Waals surface area contributed by atoms with Gasteiger partial charge in [-0.25, -0.2) is 0 Å². The minimum atomic E-state index is -0.823. The van der Waals surface area contributed by atoms with Crippen molar-refractivity contribution in [3.63, 3.8) is 0 Å². The third kappa shape index (κ3) is 3.99. The van der Waals surface area contributed by atoms with Gasteiger partial charge in [-0.3, -0.25) is 19.3 Å². The van der Waals surface area contributed by atoms with Gasteiger partial charge in [0.25, 0.3) is 11.8 Å². The molecule has 3 rings (SSSR count). The molecule has 1 fully saturated rings. The zero-order chi connectivity index (χ0) is 18.7. The second kappa shape index (κ2) is 8.31. The average molecular weight is 422 g/mol. The lowest BCUT2D eigenvalue weighted by Crippen LogP contribution is -2.48. The van der Waals surface area contributed by atoms with Crippen molar-refractivity contribution in [2.45, 2.75) is 38.6 Å². The van der Waals surface area contributed by atoms with E-state index < -0.39 is 17.9 Å². The van der Waals surface area contributed by atoms with Gasteiger partial charge in [0.2, 0.25) is 5.91 Å². The summed E-state index contributed by atoms with van der Waals surface area (Å²) in [5.41, 5.74) is 0.692. The van der Waals surface area contributed by atoms with Crippen LogP contribution in [0, 0.1) is 0 Å². The van der Waals surface area contributed by atoms with Crippen molar-refractivity contribution in [1.29, 1.82) is 0 Å². The molecule has 26 heavy (non-hydrogen) atoms. The van der Waals surface area contributed by atoms with E-state index in [1.165, 1.54) is 19.3 Å². The van der Waals surface area contributed by atoms with Crippen molar-refractivity contribution in [2.75, 3.05) is 26.2 Å². The number of nitrogens with zero attached hydrogens (tertiary/aromatic N) is 2. The molecule has 0 radical (unpaired) electrons. The maximum atomic E-state index is 12.5. The minimum absolute atomic E-state index is 0.294. The highest BCUT2D eigenvalue weighted by molar-refractivity contribution is 9.10. The van der Waals surface area contributed by atoms with Crippen LogP contribution in [0.2, 0.25) is 0 Å². The zero-order valence-corrected chi connectivity index (χ0v) is 16.5. The van der Waals surface area contributed by atoms with E-state index in [0.29, 0.717) is 17.7 Å². The van der Waals surface area contributed by atoms with Crippen LogP contribution in [0.3, 0.4) is 0 Å². The van der Waals surface area contributed by atoms with Crippen LogP contribution in [0.1, 0.15) is 53.3 Å². The van der Waals surface area contributed by atoms with Gasteiger partial charge >= 0.3 is 0 Å². The number of carbonyl (C=O) groups is 3. The number of rotatable bonds is 6. The monoisotopic (exact) mass is 421 g/mol. The van der Waals surface area contributed by atoms with E-state index in [1.807, 2.05) is 0 Å². The molecule has 2 aliphatic heterocycles. The predicted molar refractivity (Wildman–Crippen MR) is 102 cm³/mol. The molecule has 0 bridgehead atoms. The van der Waals surface area contributed by atoms with Crippen molar-refractivity contribution in [2.24, 2.45) is 0 Å². The molecule has 1 atom stereocenters. The fourth-order valence-electron chi connectivity index (χ4n) is 3.55. The van der Waals surface area contributed by atoms with Crippen molar-refractivity contribution in [1.82, 2.24) is 15.1 Å². The number of likely N-dealkylation sites (tertiary alicyclic amines) is 1. The summed E-state index contributed by atoms with van der Waals surface area (Å²) in [7, 11) is 0. The maximum Gasteiger partial charge on any atom is 0.262 e. The second-order valence-electron chi connectivity index (χ2n) is 6.89. The van der Waals surface area contributed by atoms with Gasteiger partial charge in [-0.1, -0.05) is 22.4 Å². The van der Waals surface area contributed by atoms with Crippen LogP contribution < -0.4 is 5.32 Å². The molecule has 0 saturated carbocycles. The molecule has 140 valence electrons. The topological polar surface area (TPSA) is 69.7 Å². The number of hydrogen-bond acceptors (Lipinski definition) is 4. The van der Waals surface area contributed by atoms with Gasteiger partial charge in [0, 0.05) is 11.0 Å². The summed E-state index contributed by atoms with van der Waals surface area (Å²) in [6.07, 6.45) is 4.67. The van der Waals surface area contributed by atoms with E-state index in [9.17, 15) is 14.4 Å². The lowest BCUT2D eigenvalue weighted by atomic mass is 10.1. The highest BCUT2D eigenvalue weighted by atomic mass is 79.9. The summed E-state index contributed by atoms with van der Waals surface area (Å²) in [5, 5.41) is 2.86. The van der Waals surface area contributed by atoms with Gasteiger partial charge in [0.05, 0.1) is 11.1 Å². The van der Waals surface area contributed by atoms with Crippen LogP contribution in [0.4, 0.5) is 0 Å². The number of benzene rings is 1. The molecule has 3 amide bonds. The van der Waals surface area contributed by atoms with Crippen LogP contribution in [0.5, 0.6) is 0 Å². The van der Waals surface area contributed by atoms with Crippen molar-refractivity contribution in [3.05, 3.63) is 33.8 Å². The summed E-state index contributed by atoms with van der Waals surface area (Å²) in [4.78, 5) is 40.9. The first-order chi connectivity index (χ1) is 12.5. The fourth-order valence-corrected chi connectivity index (χ4v) is 3.91. The highest BCUT2D eigenvalue weighted by Crippen LogP contribution is 2.27. The van der Waals surface area contributed by atoms with E-state index in [0.717, 1.165) is 35.4 Å². The molecule has 1 aromatic carbocycles. The van der Waals surface area contributed by atoms with E-state index in [4.69, 9.17) is 0 Å². The standard InChI is InChI=1S/C19H24BrN3O3/c1-13(17(24)21-8-5-11-22-9-3-2-4-10-22)23-18(25)15-7-6-14(20)12-16(15)19(23)26/h6-7,12-13H,2-5,8-11H2,1H3,(H,21,24). The summed E-state index contributed by atoms with van der Waals surface area (Å²) >= 11 is 3.31. The molecular formula is C19H24BrN3O3. The minimum Gasteiger partial charge on any atom is -0.354 e. The fraction of sp³-hybridized carbons (Fsp3) is 0.526. The van der Waals surface area contributed by atoms with Crippen molar-refractivity contribution < 1.29 is 14.4 Å². The van der Waals surface area contributed by atoms with Crippen LogP contribution >= 0.6 is 15.9 Å². The lowest BCUT2D eigenvalue weighted by molar-refractivity contribution is -0.124. The molecule has 6 nitrogen and oxygen atoms in total.